The second-order valence-electron chi connectivity index (χ2n) is 19.7. The van der Waals surface area contributed by atoms with Gasteiger partial charge in [0, 0.05) is 59.9 Å². The van der Waals surface area contributed by atoms with Crippen LogP contribution in [0.2, 0.25) is 0 Å². The van der Waals surface area contributed by atoms with Crippen LogP contribution in [0.5, 0.6) is 11.5 Å². The summed E-state index contributed by atoms with van der Waals surface area (Å²) in [4.78, 5) is 26.1. The van der Waals surface area contributed by atoms with Crippen LogP contribution in [-0.2, 0) is 20.7 Å². The Morgan fingerprint density at radius 2 is 0.908 bits per heavy atom. The van der Waals surface area contributed by atoms with Crippen LogP contribution in [0.25, 0.3) is 44.3 Å². The quantitative estimate of drug-likeness (QED) is 0.139. The minimum atomic E-state index is -4.78. The fraction of sp³-hybridized carbons (Fsp3) is 0.346. The lowest BCUT2D eigenvalue weighted by molar-refractivity contribution is -0.237. The highest BCUT2D eigenvalue weighted by Crippen LogP contribution is 2.57. The van der Waals surface area contributed by atoms with Gasteiger partial charge in [-0.3, -0.25) is 0 Å². The maximum absolute atomic E-state index is 14.1. The molecule has 0 saturated carbocycles. The van der Waals surface area contributed by atoms with Crippen LogP contribution < -0.4 is 9.47 Å². The predicted octanol–water partition coefficient (Wildman–Crippen LogP) is 12.0. The Balaban J connectivity index is 0.000000162. The van der Waals surface area contributed by atoms with Crippen molar-refractivity contribution < 1.29 is 73.1 Å². The number of nitrogens with zero attached hydrogens (tertiary/aromatic N) is 8. The molecule has 0 radical (unpaired) electrons. The number of aliphatic hydroxyl groups is 2. The zero-order valence-corrected chi connectivity index (χ0v) is 40.2. The van der Waals surface area contributed by atoms with Gasteiger partial charge in [0.1, 0.15) is 46.6 Å². The molecule has 14 nitrogen and oxygen atoms in total. The summed E-state index contributed by atoms with van der Waals surface area (Å²) in [5, 5.41) is 20.3. The highest BCUT2D eigenvalue weighted by molar-refractivity contribution is 5.84. The van der Waals surface area contributed by atoms with Gasteiger partial charge in [0.15, 0.2) is 23.9 Å². The number of ether oxygens (including phenoxy) is 4. The van der Waals surface area contributed by atoms with E-state index in [1.54, 1.807) is 98.0 Å². The maximum Gasteiger partial charge on any atom is 0.418 e. The van der Waals surface area contributed by atoms with E-state index < -0.39 is 73.3 Å². The molecule has 0 amide bonds. The SMILES string of the molecule is CC(C)(O)c1ncc(-c2ccc3nc4n(c3c2)[C@@H]2C[C@H]4OC(C(F)(F)F)c3cccc(OC(F)F)c32)cn1.CC(C)(O)c1ncc(-c2ccc3nc4n(c3c2)[C@@H]2C[C@H]4O[C@H](C(F)(F)F)c3cccc(OC(F)F)c32)cn1. The molecule has 0 fully saturated rings. The van der Waals surface area contributed by atoms with E-state index in [9.17, 15) is 54.1 Å². The van der Waals surface area contributed by atoms with Gasteiger partial charge in [-0.05, 0) is 86.3 Å². The maximum atomic E-state index is 14.1. The first kappa shape index (κ1) is 50.9. The lowest BCUT2D eigenvalue weighted by Crippen LogP contribution is -2.26. The minimum Gasteiger partial charge on any atom is -0.434 e. The van der Waals surface area contributed by atoms with Gasteiger partial charge in [-0.25, -0.2) is 29.9 Å². The van der Waals surface area contributed by atoms with Crippen molar-refractivity contribution in [2.75, 3.05) is 0 Å². The van der Waals surface area contributed by atoms with Gasteiger partial charge in [-0.15, -0.1) is 0 Å². The molecule has 6 atom stereocenters. The van der Waals surface area contributed by atoms with Crippen molar-refractivity contribution in [1.82, 2.24) is 39.0 Å². The number of halogens is 10. The third-order valence-electron chi connectivity index (χ3n) is 13.6. The third-order valence-corrected chi connectivity index (χ3v) is 13.6. The van der Waals surface area contributed by atoms with Crippen molar-refractivity contribution in [1.29, 1.82) is 0 Å². The van der Waals surface area contributed by atoms with Crippen LogP contribution in [0.3, 0.4) is 0 Å². The molecule has 12 rings (SSSR count). The number of hydrogen-bond acceptors (Lipinski definition) is 12. The fourth-order valence-corrected chi connectivity index (χ4v) is 10.5. The van der Waals surface area contributed by atoms with Gasteiger partial charge in [0.25, 0.3) is 0 Å². The van der Waals surface area contributed by atoms with Crippen LogP contribution in [-0.4, -0.2) is 74.8 Å². The molecule has 8 aromatic rings. The zero-order valence-electron chi connectivity index (χ0n) is 40.2. The van der Waals surface area contributed by atoms with Crippen molar-refractivity contribution in [2.45, 2.75) is 114 Å². The normalized spacial score (nSPS) is 20.9. The molecular formula is C52H42F10N8O6. The molecule has 4 aromatic heterocycles. The van der Waals surface area contributed by atoms with Gasteiger partial charge in [0.05, 0.1) is 34.2 Å². The highest BCUT2D eigenvalue weighted by atomic mass is 19.4. The predicted molar refractivity (Wildman–Crippen MR) is 249 cm³/mol. The second-order valence-corrected chi connectivity index (χ2v) is 19.7. The van der Waals surface area contributed by atoms with Crippen molar-refractivity contribution in [3.05, 3.63) is 143 Å². The molecule has 8 heterocycles. The summed E-state index contributed by atoms with van der Waals surface area (Å²) in [6, 6.07) is 16.5. The largest absolute Gasteiger partial charge is 0.434 e. The van der Waals surface area contributed by atoms with Crippen molar-refractivity contribution in [2.24, 2.45) is 0 Å². The molecular weight excluding hydrogens is 1020 g/mol. The minimum absolute atomic E-state index is 0.000980. The summed E-state index contributed by atoms with van der Waals surface area (Å²) in [7, 11) is 0. The standard InChI is InChI=1S/2C26H21F5N4O3/c2*1-25(2,36)23-32-10-13(11-33-23)12-6-7-15-16(8-12)35-17-9-19(22(35)34-15)37-21(26(29,30)31)14-4-3-5-18(20(14)17)38-24(27)28/h2*3-8,10-11,17,19,21,24,36H,9H2,1-2H3/t17-,19-,21?;17-,19-,21+/m11/s1. The van der Waals surface area contributed by atoms with Gasteiger partial charge >= 0.3 is 25.6 Å². The molecule has 0 spiro atoms. The molecule has 76 heavy (non-hydrogen) atoms. The van der Waals surface area contributed by atoms with E-state index >= 15 is 0 Å². The number of hydrogen-bond donors (Lipinski definition) is 2. The van der Waals surface area contributed by atoms with E-state index in [0.29, 0.717) is 44.3 Å². The fourth-order valence-electron chi connectivity index (χ4n) is 10.5. The van der Waals surface area contributed by atoms with Crippen LogP contribution in [0.1, 0.15) is 123 Å². The summed E-state index contributed by atoms with van der Waals surface area (Å²) in [5.74, 6) is 0.393. The van der Waals surface area contributed by atoms with Crippen LogP contribution in [0, 0.1) is 0 Å². The lowest BCUT2D eigenvalue weighted by Gasteiger charge is -2.27. The molecule has 4 aromatic carbocycles. The molecule has 4 aliphatic heterocycles. The Bertz CT molecular complexity index is 3290. The molecule has 24 heteroatoms. The summed E-state index contributed by atoms with van der Waals surface area (Å²) < 4.78 is 162. The topological polar surface area (TPSA) is 165 Å². The lowest BCUT2D eigenvalue weighted by atomic mass is 9.94. The zero-order chi connectivity index (χ0) is 54.0. The van der Waals surface area contributed by atoms with Crippen LogP contribution in [0.4, 0.5) is 43.9 Å². The average Bonchev–Trinajstić information content (AvgIpc) is 4.12. The molecule has 0 saturated heterocycles. The monoisotopic (exact) mass is 1060 g/mol. The first-order chi connectivity index (χ1) is 35.8. The van der Waals surface area contributed by atoms with Crippen LogP contribution in [0.15, 0.2) is 97.6 Å². The summed E-state index contributed by atoms with van der Waals surface area (Å²) in [5.41, 5.74) is 1.92. The van der Waals surface area contributed by atoms with Gasteiger partial charge in [0.2, 0.25) is 0 Å². The Labute approximate surface area is 423 Å². The van der Waals surface area contributed by atoms with E-state index in [1.807, 2.05) is 0 Å². The number of benzene rings is 4. The third kappa shape index (κ3) is 9.02. The van der Waals surface area contributed by atoms with E-state index in [2.05, 4.69) is 39.4 Å². The smallest absolute Gasteiger partial charge is 0.418 e. The van der Waals surface area contributed by atoms with E-state index in [4.69, 9.17) is 9.47 Å². The molecule has 1 unspecified atom stereocenters. The molecule has 4 bridgehead atoms. The number of fused-ring (bicyclic) bond motifs is 18. The Morgan fingerprint density at radius 3 is 1.24 bits per heavy atom. The molecule has 396 valence electrons. The summed E-state index contributed by atoms with van der Waals surface area (Å²) >= 11 is 0. The molecule has 0 aliphatic carbocycles. The highest BCUT2D eigenvalue weighted by Gasteiger charge is 2.53. The van der Waals surface area contributed by atoms with Crippen molar-refractivity contribution in [3.8, 4) is 33.8 Å². The number of alkyl halides is 10. The van der Waals surface area contributed by atoms with E-state index in [-0.39, 0.29) is 69.9 Å². The van der Waals surface area contributed by atoms with Crippen molar-refractivity contribution in [3.63, 3.8) is 0 Å². The van der Waals surface area contributed by atoms with Gasteiger partial charge in [-0.1, -0.05) is 36.4 Å². The second kappa shape index (κ2) is 18.2. The Morgan fingerprint density at radius 1 is 0.539 bits per heavy atom. The summed E-state index contributed by atoms with van der Waals surface area (Å²) in [6.45, 7) is -0.160. The first-order valence-corrected chi connectivity index (χ1v) is 23.6. The van der Waals surface area contributed by atoms with Gasteiger partial charge in [-0.2, -0.15) is 43.9 Å². The van der Waals surface area contributed by atoms with Gasteiger partial charge < -0.3 is 38.3 Å². The first-order valence-electron chi connectivity index (χ1n) is 23.6. The average molecular weight is 1060 g/mol. The van der Waals surface area contributed by atoms with Crippen LogP contribution >= 0.6 is 0 Å². The van der Waals surface area contributed by atoms with Crippen molar-refractivity contribution >= 4 is 22.1 Å². The van der Waals surface area contributed by atoms with E-state index in [1.165, 1.54) is 36.4 Å². The Kier molecular flexibility index (Phi) is 12.2. The Hall–Kier alpha value is -7.28. The molecule has 2 N–H and O–H groups in total. The molecule has 4 aliphatic rings. The number of aromatic nitrogens is 8. The van der Waals surface area contributed by atoms with E-state index in [0.717, 1.165) is 0 Å². The number of rotatable bonds is 8. The number of imidazole rings is 2. The summed E-state index contributed by atoms with van der Waals surface area (Å²) in [6.07, 6.45) is -9.80.